The van der Waals surface area contributed by atoms with Crippen molar-refractivity contribution in [3.05, 3.63) is 35.4 Å². The fourth-order valence-electron chi connectivity index (χ4n) is 3.21. The molecule has 0 saturated heterocycles. The van der Waals surface area contributed by atoms with E-state index in [2.05, 4.69) is 6.92 Å². The van der Waals surface area contributed by atoms with Gasteiger partial charge in [0.25, 0.3) is 0 Å². The third-order valence-electron chi connectivity index (χ3n) is 5.35. The second-order valence-corrected chi connectivity index (χ2v) is 9.88. The average molecular weight is 493 g/mol. The molecule has 0 aliphatic rings. The van der Waals surface area contributed by atoms with Crippen LogP contribution in [0.3, 0.4) is 0 Å². The molecule has 1 rings (SSSR count). The first-order chi connectivity index (χ1) is 15.3. The van der Waals surface area contributed by atoms with E-state index in [1.807, 2.05) is 0 Å². The predicted octanol–water partition coefficient (Wildman–Crippen LogP) is 2.25. The molecule has 0 heterocycles. The van der Waals surface area contributed by atoms with E-state index in [4.69, 9.17) is 9.47 Å². The van der Waals surface area contributed by atoms with Gasteiger partial charge < -0.3 is 14.0 Å². The normalized spacial score (nSPS) is 12.0. The number of esters is 2. The topological polar surface area (TPSA) is 110 Å². The molecule has 7 nitrogen and oxygen atoms in total. The maximum atomic E-state index is 12.4. The molecule has 0 saturated carbocycles. The Morgan fingerprint density at radius 3 is 1.70 bits per heavy atom. The van der Waals surface area contributed by atoms with E-state index in [1.54, 1.807) is 12.1 Å². The summed E-state index contributed by atoms with van der Waals surface area (Å²) in [5, 5.41) is -1.16. The van der Waals surface area contributed by atoms with Crippen molar-refractivity contribution in [3.8, 4) is 0 Å². The Bertz CT molecular complexity index is 796. The van der Waals surface area contributed by atoms with Crippen molar-refractivity contribution < 1.29 is 61.6 Å². The summed E-state index contributed by atoms with van der Waals surface area (Å²) >= 11 is 0. The third kappa shape index (κ3) is 14.2. The van der Waals surface area contributed by atoms with Crippen molar-refractivity contribution >= 4 is 22.1 Å². The molecular formula is C24H37NaO7S. The molecule has 0 aliphatic heterocycles. The molecule has 9 heteroatoms. The number of carbonyl (C=O) groups is 2. The van der Waals surface area contributed by atoms with Crippen LogP contribution in [0.15, 0.2) is 24.3 Å². The molecule has 1 aromatic carbocycles. The van der Waals surface area contributed by atoms with Crippen LogP contribution in [0.1, 0.15) is 105 Å². The summed E-state index contributed by atoms with van der Waals surface area (Å²) in [6.45, 7) is 3.53. The standard InChI is InChI=1S/C24H38O7S.Na/c1-3-4-5-6-7-8-9-10-11-14-18-30-23(25)21-15-12-13-16-22(21)24(26)31-19-17-20(2)32(27,28)29;/h12-13,15-16,20H,3-11,14,17-19H2,1-2H3,(H,27,28,29);/q;+1/p-1. The average Bonchev–Trinajstić information content (AvgIpc) is 2.76. The molecular weight excluding hydrogens is 455 g/mol. The Labute approximate surface area is 221 Å². The Balaban J connectivity index is 0.0000102. The molecule has 0 radical (unpaired) electrons. The number of hydrogen-bond donors (Lipinski definition) is 0. The van der Waals surface area contributed by atoms with Crippen LogP contribution in [0.5, 0.6) is 0 Å². The van der Waals surface area contributed by atoms with E-state index in [9.17, 15) is 22.6 Å². The summed E-state index contributed by atoms with van der Waals surface area (Å²) in [5.74, 6) is -1.35. The van der Waals surface area contributed by atoms with Gasteiger partial charge in [0.15, 0.2) is 0 Å². The molecule has 1 atom stereocenters. The van der Waals surface area contributed by atoms with Gasteiger partial charge in [0.05, 0.1) is 34.5 Å². The van der Waals surface area contributed by atoms with Gasteiger partial charge >= 0.3 is 41.5 Å². The number of rotatable bonds is 17. The molecule has 0 N–H and O–H groups in total. The minimum absolute atomic E-state index is 0. The predicted molar refractivity (Wildman–Crippen MR) is 123 cm³/mol. The largest absolute Gasteiger partial charge is 1.00 e. The Kier molecular flexibility index (Phi) is 17.9. The maximum absolute atomic E-state index is 12.4. The molecule has 33 heavy (non-hydrogen) atoms. The van der Waals surface area contributed by atoms with Crippen LogP contribution >= 0.6 is 0 Å². The van der Waals surface area contributed by atoms with Crippen LogP contribution in [-0.4, -0.2) is 43.4 Å². The van der Waals surface area contributed by atoms with Crippen LogP contribution < -0.4 is 29.6 Å². The molecule has 0 amide bonds. The first-order valence-corrected chi connectivity index (χ1v) is 13.1. The van der Waals surface area contributed by atoms with E-state index >= 15 is 0 Å². The summed E-state index contributed by atoms with van der Waals surface area (Å²) < 4.78 is 43.1. The van der Waals surface area contributed by atoms with Gasteiger partial charge in [-0.2, -0.15) is 0 Å². The van der Waals surface area contributed by atoms with E-state index in [0.29, 0.717) is 0 Å². The van der Waals surface area contributed by atoms with Gasteiger partial charge in [0.2, 0.25) is 0 Å². The molecule has 182 valence electrons. The number of hydrogen-bond acceptors (Lipinski definition) is 7. The summed E-state index contributed by atoms with van der Waals surface area (Å²) in [6, 6.07) is 6.16. The number of carbonyl (C=O) groups excluding carboxylic acids is 2. The molecule has 0 aromatic heterocycles. The van der Waals surface area contributed by atoms with Crippen molar-refractivity contribution in [3.63, 3.8) is 0 Å². The minimum atomic E-state index is -4.43. The van der Waals surface area contributed by atoms with Crippen LogP contribution in [0.25, 0.3) is 0 Å². The van der Waals surface area contributed by atoms with Gasteiger partial charge in [-0.05, 0) is 31.9 Å². The third-order valence-corrected chi connectivity index (χ3v) is 6.57. The zero-order chi connectivity index (χ0) is 23.8. The Hall–Kier alpha value is -0.930. The summed E-state index contributed by atoms with van der Waals surface area (Å²) in [6.07, 6.45) is 11.7. The quantitative estimate of drug-likeness (QED) is 0.142. The van der Waals surface area contributed by atoms with Crippen LogP contribution in [0, 0.1) is 0 Å². The molecule has 1 aromatic rings. The van der Waals surface area contributed by atoms with E-state index < -0.39 is 27.3 Å². The summed E-state index contributed by atoms with van der Waals surface area (Å²) in [7, 11) is -4.43. The fraction of sp³-hybridized carbons (Fsp3) is 0.667. The van der Waals surface area contributed by atoms with Gasteiger partial charge in [0, 0.05) is 5.25 Å². The van der Waals surface area contributed by atoms with Gasteiger partial charge in [0.1, 0.15) is 0 Å². The van der Waals surface area contributed by atoms with Crippen molar-refractivity contribution in [2.24, 2.45) is 0 Å². The van der Waals surface area contributed by atoms with Crippen molar-refractivity contribution in [2.45, 2.75) is 89.7 Å². The molecule has 0 aliphatic carbocycles. The Morgan fingerprint density at radius 1 is 0.818 bits per heavy atom. The zero-order valence-corrected chi connectivity index (χ0v) is 23.2. The molecule has 1 unspecified atom stereocenters. The zero-order valence-electron chi connectivity index (χ0n) is 20.3. The van der Waals surface area contributed by atoms with Crippen LogP contribution in [0.2, 0.25) is 0 Å². The van der Waals surface area contributed by atoms with Gasteiger partial charge in [-0.25, -0.2) is 18.0 Å². The van der Waals surface area contributed by atoms with Crippen molar-refractivity contribution in [2.75, 3.05) is 13.2 Å². The second-order valence-electron chi connectivity index (χ2n) is 8.09. The minimum Gasteiger partial charge on any atom is -0.748 e. The second kappa shape index (κ2) is 18.4. The fourth-order valence-corrected chi connectivity index (χ4v) is 3.60. The van der Waals surface area contributed by atoms with Gasteiger partial charge in [-0.3, -0.25) is 0 Å². The number of benzene rings is 1. The maximum Gasteiger partial charge on any atom is 1.00 e. The van der Waals surface area contributed by atoms with E-state index in [-0.39, 0.29) is 60.3 Å². The smallest absolute Gasteiger partial charge is 0.748 e. The number of ether oxygens (including phenoxy) is 2. The number of unbranched alkanes of at least 4 members (excludes halogenated alkanes) is 9. The monoisotopic (exact) mass is 492 g/mol. The van der Waals surface area contributed by atoms with Gasteiger partial charge in [-0.15, -0.1) is 0 Å². The first kappa shape index (κ1) is 32.1. The van der Waals surface area contributed by atoms with Crippen molar-refractivity contribution in [1.82, 2.24) is 0 Å². The molecule has 0 spiro atoms. The molecule has 0 bridgehead atoms. The Morgan fingerprint density at radius 2 is 1.24 bits per heavy atom. The van der Waals surface area contributed by atoms with E-state index in [1.165, 1.54) is 64.0 Å². The first-order valence-electron chi connectivity index (χ1n) is 11.6. The van der Waals surface area contributed by atoms with Crippen LogP contribution in [0.4, 0.5) is 0 Å². The van der Waals surface area contributed by atoms with Crippen molar-refractivity contribution in [1.29, 1.82) is 0 Å². The van der Waals surface area contributed by atoms with Crippen LogP contribution in [-0.2, 0) is 19.6 Å². The molecule has 0 fully saturated rings. The SMILES string of the molecule is CCCCCCCCCCCCOC(=O)c1ccccc1C(=O)OCCC(C)S(=O)(=O)[O-].[Na+]. The van der Waals surface area contributed by atoms with E-state index in [0.717, 1.165) is 19.3 Å². The van der Waals surface area contributed by atoms with Gasteiger partial charge in [-0.1, -0.05) is 76.8 Å². The summed E-state index contributed by atoms with van der Waals surface area (Å²) in [4.78, 5) is 24.7. The summed E-state index contributed by atoms with van der Waals surface area (Å²) in [5.41, 5.74) is 0.160.